The number of hydrogen-bond donors (Lipinski definition) is 3. The minimum absolute atomic E-state index is 0. The molecule has 0 spiro atoms. The number of hydrogen-bond acceptors (Lipinski definition) is 5. The van der Waals surface area contributed by atoms with E-state index in [1.165, 1.54) is 12.1 Å². The third-order valence-corrected chi connectivity index (χ3v) is 4.70. The number of benzene rings is 1. The predicted octanol–water partition coefficient (Wildman–Crippen LogP) is 2.90. The Bertz CT molecular complexity index is 993. The first kappa shape index (κ1) is 22.0. The number of aromatic nitrogens is 3. The Labute approximate surface area is 189 Å². The molecule has 1 atom stereocenters. The molecule has 3 N–H and O–H groups in total. The summed E-state index contributed by atoms with van der Waals surface area (Å²) in [6.07, 6.45) is 2.38. The van der Waals surface area contributed by atoms with E-state index >= 15 is 0 Å². The quantitative estimate of drug-likeness (QED) is 0.268. The summed E-state index contributed by atoms with van der Waals surface area (Å²) in [6, 6.07) is 7.30. The maximum atomic E-state index is 14.0. The van der Waals surface area contributed by atoms with Crippen LogP contribution in [0.2, 0.25) is 0 Å². The fourth-order valence-electron chi connectivity index (χ4n) is 3.28. The van der Waals surface area contributed by atoms with Gasteiger partial charge in [-0.2, -0.15) is 0 Å². The number of furan rings is 1. The van der Waals surface area contributed by atoms with Gasteiger partial charge in [-0.05, 0) is 30.7 Å². The number of halogens is 3. The molecule has 8 nitrogen and oxygen atoms in total. The lowest BCUT2D eigenvalue weighted by Crippen LogP contribution is -2.44. The van der Waals surface area contributed by atoms with Crippen LogP contribution >= 0.6 is 24.0 Å². The summed E-state index contributed by atoms with van der Waals surface area (Å²) >= 11 is 0. The van der Waals surface area contributed by atoms with Crippen molar-refractivity contribution in [2.75, 3.05) is 25.0 Å². The van der Waals surface area contributed by atoms with Crippen LogP contribution in [0.5, 0.6) is 0 Å². The highest BCUT2D eigenvalue weighted by Gasteiger charge is 2.25. The van der Waals surface area contributed by atoms with Gasteiger partial charge < -0.3 is 20.0 Å². The summed E-state index contributed by atoms with van der Waals surface area (Å²) < 4.78 is 32.4. The van der Waals surface area contributed by atoms with Gasteiger partial charge in [-0.1, -0.05) is 0 Å². The maximum absolute atomic E-state index is 14.0. The first-order chi connectivity index (χ1) is 14.1. The second-order valence-corrected chi connectivity index (χ2v) is 6.68. The predicted molar refractivity (Wildman–Crippen MR) is 120 cm³/mol. The van der Waals surface area contributed by atoms with Gasteiger partial charge in [-0.15, -0.1) is 29.1 Å². The zero-order valence-corrected chi connectivity index (χ0v) is 18.6. The molecule has 3 heterocycles. The number of anilines is 1. The number of aliphatic imine (C=N–C) groups is 1. The van der Waals surface area contributed by atoms with Crippen LogP contribution in [0.3, 0.4) is 0 Å². The molecule has 1 aliphatic rings. The van der Waals surface area contributed by atoms with E-state index in [0.717, 1.165) is 12.5 Å². The molecular formula is C19H22F2IN7O. The Morgan fingerprint density at radius 3 is 2.97 bits per heavy atom. The van der Waals surface area contributed by atoms with E-state index in [9.17, 15) is 8.78 Å². The molecule has 11 heteroatoms. The van der Waals surface area contributed by atoms with Crippen molar-refractivity contribution in [3.63, 3.8) is 0 Å². The highest BCUT2D eigenvalue weighted by atomic mass is 127. The van der Waals surface area contributed by atoms with Gasteiger partial charge in [0.2, 0.25) is 5.82 Å². The summed E-state index contributed by atoms with van der Waals surface area (Å²) in [7, 11) is 1.68. The van der Waals surface area contributed by atoms with Crippen LogP contribution in [0.4, 0.5) is 14.5 Å². The van der Waals surface area contributed by atoms with Crippen molar-refractivity contribution in [1.82, 2.24) is 25.8 Å². The van der Waals surface area contributed by atoms with Crippen LogP contribution in [-0.4, -0.2) is 47.3 Å². The Morgan fingerprint density at radius 2 is 2.23 bits per heavy atom. The second-order valence-electron chi connectivity index (χ2n) is 6.68. The van der Waals surface area contributed by atoms with E-state index in [0.29, 0.717) is 48.7 Å². The van der Waals surface area contributed by atoms with Crippen molar-refractivity contribution in [2.45, 2.75) is 19.0 Å². The Morgan fingerprint density at radius 1 is 1.37 bits per heavy atom. The molecule has 30 heavy (non-hydrogen) atoms. The molecule has 1 aliphatic heterocycles. The lowest BCUT2D eigenvalue weighted by Gasteiger charge is -2.20. The SMILES string of the molecule is CN=C(NCc1nc(-c2ccco2)n[nH]1)NC1CCN(c2ccc(F)cc2F)C1.I. The summed E-state index contributed by atoms with van der Waals surface area (Å²) in [6.45, 7) is 1.66. The van der Waals surface area contributed by atoms with Gasteiger partial charge in [0.1, 0.15) is 17.5 Å². The lowest BCUT2D eigenvalue weighted by molar-refractivity contribution is 0.577. The van der Waals surface area contributed by atoms with Gasteiger partial charge in [-0.25, -0.2) is 13.8 Å². The molecule has 3 aromatic rings. The average molecular weight is 529 g/mol. The molecule has 0 amide bonds. The fraction of sp³-hybridized carbons (Fsp3) is 0.316. The molecule has 1 unspecified atom stereocenters. The average Bonchev–Trinajstić information content (AvgIpc) is 3.46. The Kier molecular flexibility index (Phi) is 7.24. The van der Waals surface area contributed by atoms with Gasteiger partial charge in [0.25, 0.3) is 0 Å². The van der Waals surface area contributed by atoms with Crippen LogP contribution in [0.25, 0.3) is 11.6 Å². The first-order valence-electron chi connectivity index (χ1n) is 9.24. The van der Waals surface area contributed by atoms with E-state index in [-0.39, 0.29) is 30.0 Å². The normalized spacial score (nSPS) is 16.4. The summed E-state index contributed by atoms with van der Waals surface area (Å²) in [5.74, 6) is 1.20. The number of aromatic amines is 1. The zero-order valence-electron chi connectivity index (χ0n) is 16.2. The maximum Gasteiger partial charge on any atom is 0.216 e. The minimum atomic E-state index is -0.577. The van der Waals surface area contributed by atoms with Gasteiger partial charge in [-0.3, -0.25) is 10.1 Å². The Hall–Kier alpha value is -2.70. The van der Waals surface area contributed by atoms with Gasteiger partial charge in [0.15, 0.2) is 11.7 Å². The van der Waals surface area contributed by atoms with Gasteiger partial charge >= 0.3 is 0 Å². The van der Waals surface area contributed by atoms with Crippen LogP contribution in [0.1, 0.15) is 12.2 Å². The van der Waals surface area contributed by atoms with E-state index in [1.807, 2.05) is 4.90 Å². The standard InChI is InChI=1S/C19H21F2N7O.HI/c1-22-19(23-10-17-25-18(27-26-17)16-3-2-8-29-16)24-13-6-7-28(11-13)15-5-4-12(20)9-14(15)21;/h2-5,8-9,13H,6-7,10-11H2,1H3,(H2,22,23,24)(H,25,26,27);1H. The molecule has 0 bridgehead atoms. The third-order valence-electron chi connectivity index (χ3n) is 4.70. The first-order valence-corrected chi connectivity index (χ1v) is 9.24. The van der Waals surface area contributed by atoms with Gasteiger partial charge in [0.05, 0.1) is 18.5 Å². The summed E-state index contributed by atoms with van der Waals surface area (Å²) in [4.78, 5) is 10.5. The smallest absolute Gasteiger partial charge is 0.216 e. The molecule has 2 aromatic heterocycles. The number of nitrogens with one attached hydrogen (secondary N) is 3. The zero-order chi connectivity index (χ0) is 20.2. The molecule has 0 saturated carbocycles. The van der Waals surface area contributed by atoms with E-state index in [2.05, 4.69) is 30.8 Å². The van der Waals surface area contributed by atoms with Crippen LogP contribution in [0, 0.1) is 11.6 Å². The molecule has 1 fully saturated rings. The van der Waals surface area contributed by atoms with E-state index in [4.69, 9.17) is 4.42 Å². The second kappa shape index (κ2) is 9.87. The van der Waals surface area contributed by atoms with Crippen molar-refractivity contribution in [3.05, 3.63) is 54.1 Å². The van der Waals surface area contributed by atoms with Crippen LogP contribution in [0.15, 0.2) is 46.0 Å². The number of rotatable bonds is 5. The van der Waals surface area contributed by atoms with E-state index in [1.54, 1.807) is 25.4 Å². The molecule has 1 aromatic carbocycles. The largest absolute Gasteiger partial charge is 0.461 e. The number of guanidine groups is 1. The highest BCUT2D eigenvalue weighted by Crippen LogP contribution is 2.24. The molecule has 0 aliphatic carbocycles. The van der Waals surface area contributed by atoms with E-state index < -0.39 is 11.6 Å². The third kappa shape index (κ3) is 5.07. The summed E-state index contributed by atoms with van der Waals surface area (Å²) in [5.41, 5.74) is 0.408. The van der Waals surface area contributed by atoms with Gasteiger partial charge in [0, 0.05) is 32.2 Å². The van der Waals surface area contributed by atoms with Crippen LogP contribution < -0.4 is 15.5 Å². The van der Waals surface area contributed by atoms with Crippen LogP contribution in [-0.2, 0) is 6.54 Å². The minimum Gasteiger partial charge on any atom is -0.461 e. The van der Waals surface area contributed by atoms with Crippen molar-refractivity contribution in [1.29, 1.82) is 0 Å². The van der Waals surface area contributed by atoms with Crippen molar-refractivity contribution >= 4 is 35.6 Å². The lowest BCUT2D eigenvalue weighted by atomic mass is 10.2. The molecule has 4 rings (SSSR count). The monoisotopic (exact) mass is 529 g/mol. The van der Waals surface area contributed by atoms with Crippen molar-refractivity contribution in [2.24, 2.45) is 4.99 Å². The van der Waals surface area contributed by atoms with Crippen molar-refractivity contribution in [3.8, 4) is 11.6 Å². The highest BCUT2D eigenvalue weighted by molar-refractivity contribution is 14.0. The molecule has 160 valence electrons. The molecule has 0 radical (unpaired) electrons. The number of nitrogens with zero attached hydrogens (tertiary/aromatic N) is 4. The summed E-state index contributed by atoms with van der Waals surface area (Å²) in [5, 5.41) is 13.5. The molecular weight excluding hydrogens is 507 g/mol. The molecule has 1 saturated heterocycles. The van der Waals surface area contributed by atoms with Crippen molar-refractivity contribution < 1.29 is 13.2 Å². The Balaban J connectivity index is 0.00000256. The number of H-pyrrole nitrogens is 1. The fourth-order valence-corrected chi connectivity index (χ4v) is 3.28. The topological polar surface area (TPSA) is 94.4 Å².